The molecule has 0 spiro atoms. The number of hydrogen-bond donors (Lipinski definition) is 2. The predicted octanol–water partition coefficient (Wildman–Crippen LogP) is 2.10. The van der Waals surface area contributed by atoms with Gasteiger partial charge in [0, 0.05) is 6.54 Å². The van der Waals surface area contributed by atoms with Gasteiger partial charge in [0.15, 0.2) is 6.61 Å². The molecule has 1 rings (SSSR count). The number of rotatable bonds is 7. The molecule has 25 heavy (non-hydrogen) atoms. The van der Waals surface area contributed by atoms with Crippen LogP contribution in [0.2, 0.25) is 0 Å². The number of nitrogens with one attached hydrogen (secondary N) is 2. The number of esters is 1. The molecule has 0 unspecified atom stereocenters. The summed E-state index contributed by atoms with van der Waals surface area (Å²) in [5, 5.41) is 4.59. The molecular formula is C16H21BrN2O6. The number of carbonyl (C=O) groups is 3. The second-order valence-corrected chi connectivity index (χ2v) is 6.22. The quantitative estimate of drug-likeness (QED) is 0.659. The second-order valence-electron chi connectivity index (χ2n) is 5.42. The fraction of sp³-hybridized carbons (Fsp3) is 0.438. The minimum absolute atomic E-state index is 0.147. The molecule has 0 bridgehead atoms. The Morgan fingerprint density at radius 3 is 2.16 bits per heavy atom. The fourth-order valence-electron chi connectivity index (χ4n) is 1.71. The number of carbonyl (C=O) groups excluding carboxylic acids is 3. The molecule has 0 aliphatic carbocycles. The van der Waals surface area contributed by atoms with Crippen LogP contribution in [0.25, 0.3) is 0 Å². The van der Waals surface area contributed by atoms with Crippen molar-refractivity contribution in [2.75, 3.05) is 27.4 Å². The van der Waals surface area contributed by atoms with Crippen molar-refractivity contribution in [1.82, 2.24) is 10.6 Å². The van der Waals surface area contributed by atoms with Gasteiger partial charge in [0.2, 0.25) is 0 Å². The molecule has 0 aliphatic rings. The number of benzene rings is 1. The minimum atomic E-state index is -0.748. The van der Waals surface area contributed by atoms with E-state index >= 15 is 0 Å². The number of halogens is 1. The Kier molecular flexibility index (Phi) is 8.20. The van der Waals surface area contributed by atoms with Gasteiger partial charge in [-0.2, -0.15) is 0 Å². The number of imide groups is 1. The van der Waals surface area contributed by atoms with Gasteiger partial charge >= 0.3 is 12.0 Å². The van der Waals surface area contributed by atoms with Crippen molar-refractivity contribution in [2.24, 2.45) is 5.92 Å². The van der Waals surface area contributed by atoms with Gasteiger partial charge in [-0.1, -0.05) is 13.8 Å². The van der Waals surface area contributed by atoms with Crippen LogP contribution in [0, 0.1) is 5.92 Å². The molecule has 138 valence electrons. The Morgan fingerprint density at radius 1 is 1.12 bits per heavy atom. The lowest BCUT2D eigenvalue weighted by Gasteiger charge is -2.11. The van der Waals surface area contributed by atoms with Crippen LogP contribution in [0.5, 0.6) is 11.5 Å². The second kappa shape index (κ2) is 9.87. The molecule has 9 heteroatoms. The van der Waals surface area contributed by atoms with Crippen LogP contribution in [0.4, 0.5) is 4.79 Å². The summed E-state index contributed by atoms with van der Waals surface area (Å²) in [7, 11) is 2.88. The van der Waals surface area contributed by atoms with Gasteiger partial charge in [0.25, 0.3) is 5.91 Å². The molecule has 3 amide bonds. The monoisotopic (exact) mass is 416 g/mol. The summed E-state index contributed by atoms with van der Waals surface area (Å²) < 4.78 is 15.7. The average Bonchev–Trinajstić information content (AvgIpc) is 2.58. The molecule has 0 heterocycles. The summed E-state index contributed by atoms with van der Waals surface area (Å²) in [6, 6.07) is 2.26. The maximum absolute atomic E-state index is 12.1. The SMILES string of the molecule is COc1cc(C(=O)OCC(=O)NC(=O)NCC(C)C)cc(OC)c1Br. The highest BCUT2D eigenvalue weighted by Gasteiger charge is 2.17. The van der Waals surface area contributed by atoms with Crippen LogP contribution in [-0.4, -0.2) is 45.3 Å². The summed E-state index contributed by atoms with van der Waals surface area (Å²) in [4.78, 5) is 35.2. The molecule has 0 saturated carbocycles. The van der Waals surface area contributed by atoms with E-state index in [2.05, 4.69) is 26.6 Å². The molecule has 2 N–H and O–H groups in total. The number of methoxy groups -OCH3 is 2. The Labute approximate surface area is 154 Å². The molecule has 1 aromatic rings. The zero-order chi connectivity index (χ0) is 19.0. The van der Waals surface area contributed by atoms with Gasteiger partial charge in [-0.05, 0) is 34.0 Å². The van der Waals surface area contributed by atoms with Crippen molar-refractivity contribution >= 4 is 33.8 Å². The van der Waals surface area contributed by atoms with Crippen LogP contribution in [-0.2, 0) is 9.53 Å². The minimum Gasteiger partial charge on any atom is -0.495 e. The summed E-state index contributed by atoms with van der Waals surface area (Å²) >= 11 is 3.29. The summed E-state index contributed by atoms with van der Waals surface area (Å²) in [5.74, 6) is -0.471. The van der Waals surface area contributed by atoms with Gasteiger partial charge in [0.1, 0.15) is 16.0 Å². The van der Waals surface area contributed by atoms with E-state index in [-0.39, 0.29) is 11.5 Å². The summed E-state index contributed by atoms with van der Waals surface area (Å²) in [6.07, 6.45) is 0. The first-order valence-corrected chi connectivity index (χ1v) is 8.24. The lowest BCUT2D eigenvalue weighted by atomic mass is 10.2. The first-order valence-electron chi connectivity index (χ1n) is 7.44. The van der Waals surface area contributed by atoms with Gasteiger partial charge in [-0.25, -0.2) is 9.59 Å². The molecule has 0 aliphatic heterocycles. The molecule has 0 fully saturated rings. The molecule has 0 radical (unpaired) electrons. The van der Waals surface area contributed by atoms with E-state index in [1.807, 2.05) is 13.8 Å². The number of amides is 3. The Bertz CT molecular complexity index is 623. The fourth-order valence-corrected chi connectivity index (χ4v) is 2.26. The van der Waals surface area contributed by atoms with Crippen LogP contribution in [0.15, 0.2) is 16.6 Å². The third-order valence-corrected chi connectivity index (χ3v) is 3.72. The maximum Gasteiger partial charge on any atom is 0.338 e. The van der Waals surface area contributed by atoms with Crippen LogP contribution in [0.1, 0.15) is 24.2 Å². The molecule has 0 atom stereocenters. The van der Waals surface area contributed by atoms with E-state index < -0.39 is 24.5 Å². The predicted molar refractivity (Wildman–Crippen MR) is 93.9 cm³/mol. The Hall–Kier alpha value is -2.29. The molecule has 1 aromatic carbocycles. The smallest absolute Gasteiger partial charge is 0.338 e. The van der Waals surface area contributed by atoms with Gasteiger partial charge in [-0.3, -0.25) is 10.1 Å². The summed E-state index contributed by atoms with van der Waals surface area (Å²) in [6.45, 7) is 3.68. The lowest BCUT2D eigenvalue weighted by Crippen LogP contribution is -2.42. The largest absolute Gasteiger partial charge is 0.495 e. The zero-order valence-corrected chi connectivity index (χ0v) is 16.1. The molecule has 8 nitrogen and oxygen atoms in total. The van der Waals surface area contributed by atoms with Crippen molar-refractivity contribution in [3.05, 3.63) is 22.2 Å². The van der Waals surface area contributed by atoms with Crippen molar-refractivity contribution in [3.8, 4) is 11.5 Å². The number of ether oxygens (including phenoxy) is 3. The van der Waals surface area contributed by atoms with Crippen molar-refractivity contribution in [2.45, 2.75) is 13.8 Å². The number of hydrogen-bond acceptors (Lipinski definition) is 6. The first-order chi connectivity index (χ1) is 11.8. The van der Waals surface area contributed by atoms with E-state index in [9.17, 15) is 14.4 Å². The highest BCUT2D eigenvalue weighted by Crippen LogP contribution is 2.35. The third-order valence-electron chi connectivity index (χ3n) is 2.94. The highest BCUT2D eigenvalue weighted by molar-refractivity contribution is 9.10. The zero-order valence-electron chi connectivity index (χ0n) is 14.5. The van der Waals surface area contributed by atoms with Crippen molar-refractivity contribution in [1.29, 1.82) is 0 Å². The van der Waals surface area contributed by atoms with Crippen molar-refractivity contribution in [3.63, 3.8) is 0 Å². The van der Waals surface area contributed by atoms with E-state index in [1.165, 1.54) is 26.4 Å². The average molecular weight is 417 g/mol. The Balaban J connectivity index is 2.62. The van der Waals surface area contributed by atoms with Gasteiger partial charge in [-0.15, -0.1) is 0 Å². The highest BCUT2D eigenvalue weighted by atomic mass is 79.9. The van der Waals surface area contributed by atoms with E-state index in [1.54, 1.807) is 0 Å². The van der Waals surface area contributed by atoms with Gasteiger partial charge < -0.3 is 19.5 Å². The van der Waals surface area contributed by atoms with Gasteiger partial charge in [0.05, 0.1) is 19.8 Å². The van der Waals surface area contributed by atoms with Crippen LogP contribution >= 0.6 is 15.9 Å². The Morgan fingerprint density at radius 2 is 1.68 bits per heavy atom. The lowest BCUT2D eigenvalue weighted by molar-refractivity contribution is -0.123. The molecule has 0 saturated heterocycles. The topological polar surface area (TPSA) is 103 Å². The number of urea groups is 1. The van der Waals surface area contributed by atoms with Crippen LogP contribution in [0.3, 0.4) is 0 Å². The standard InChI is InChI=1S/C16H21BrN2O6/c1-9(2)7-18-16(22)19-13(20)8-25-15(21)10-5-11(23-3)14(17)12(6-10)24-4/h5-6,9H,7-8H2,1-4H3,(H2,18,19,20,22). The van der Waals surface area contributed by atoms with E-state index in [4.69, 9.17) is 14.2 Å². The van der Waals surface area contributed by atoms with Crippen molar-refractivity contribution < 1.29 is 28.6 Å². The molecule has 0 aromatic heterocycles. The normalized spacial score (nSPS) is 10.2. The van der Waals surface area contributed by atoms with Crippen LogP contribution < -0.4 is 20.1 Å². The summed E-state index contributed by atoms with van der Waals surface area (Å²) in [5.41, 5.74) is 0.147. The van der Waals surface area contributed by atoms with E-state index in [0.29, 0.717) is 22.5 Å². The first kappa shape index (κ1) is 20.8. The molecular weight excluding hydrogens is 396 g/mol. The maximum atomic E-state index is 12.1. The third kappa shape index (κ3) is 6.61. The van der Waals surface area contributed by atoms with E-state index in [0.717, 1.165) is 0 Å².